The Bertz CT molecular complexity index is 1130. The Labute approximate surface area is 203 Å². The van der Waals surface area contributed by atoms with Gasteiger partial charge in [-0.3, -0.25) is 14.6 Å². The van der Waals surface area contributed by atoms with Crippen LogP contribution in [0.4, 0.5) is 18.9 Å². The van der Waals surface area contributed by atoms with Gasteiger partial charge in [-0.05, 0) is 54.1 Å². The zero-order valence-electron chi connectivity index (χ0n) is 18.2. The van der Waals surface area contributed by atoms with Crippen molar-refractivity contribution in [2.75, 3.05) is 25.0 Å². The van der Waals surface area contributed by atoms with Crippen molar-refractivity contribution >= 4 is 29.3 Å². The molecule has 8 nitrogen and oxygen atoms in total. The van der Waals surface area contributed by atoms with Crippen LogP contribution in [-0.2, 0) is 11.0 Å². The molecule has 1 atom stereocenters. The largest absolute Gasteiger partial charge is 0.416 e. The van der Waals surface area contributed by atoms with Gasteiger partial charge in [0.05, 0.1) is 24.3 Å². The summed E-state index contributed by atoms with van der Waals surface area (Å²) in [5.74, 6) is -0.899. The average molecular weight is 506 g/mol. The number of pyridine rings is 2. The van der Waals surface area contributed by atoms with E-state index in [0.717, 1.165) is 23.9 Å². The fourth-order valence-electron chi connectivity index (χ4n) is 2.91. The second-order valence-corrected chi connectivity index (χ2v) is 8.23. The zero-order chi connectivity index (χ0) is 25.3. The highest BCUT2D eigenvalue weighted by Gasteiger charge is 2.30. The molecule has 0 aliphatic rings. The molecule has 0 aliphatic carbocycles. The predicted octanol–water partition coefficient (Wildman–Crippen LogP) is 3.24. The lowest BCUT2D eigenvalue weighted by Gasteiger charge is -2.19. The number of alkyl halides is 3. The molecular formula is C23H22F3N5O3S. The van der Waals surface area contributed by atoms with Crippen molar-refractivity contribution in [1.82, 2.24) is 20.6 Å². The second-order valence-electron chi connectivity index (χ2n) is 7.13. The summed E-state index contributed by atoms with van der Waals surface area (Å²) < 4.78 is 38.4. The second kappa shape index (κ2) is 12.3. The Kier molecular flexibility index (Phi) is 9.18. The van der Waals surface area contributed by atoms with Crippen molar-refractivity contribution in [2.45, 2.75) is 16.6 Å². The van der Waals surface area contributed by atoms with Crippen molar-refractivity contribution in [3.63, 3.8) is 0 Å². The standard InChI is InChI=1S/C23H22F3N5O3S/c24-23(25,26)16-3-5-17(6-4-16)30-20(34)18-2-1-9-29-22(18)35-21(15-7-10-27-11-8-15)31-19(33)14-28-12-13-32/h1-11,21,28,32H,12-14H2,(H,30,34)(H,31,33). The number of hydrogen-bond donors (Lipinski definition) is 4. The highest BCUT2D eigenvalue weighted by molar-refractivity contribution is 7.99. The minimum atomic E-state index is -4.48. The van der Waals surface area contributed by atoms with Gasteiger partial charge in [-0.1, -0.05) is 11.8 Å². The van der Waals surface area contributed by atoms with Crippen LogP contribution in [0, 0.1) is 0 Å². The molecule has 0 radical (unpaired) electrons. The fraction of sp³-hybridized carbons (Fsp3) is 0.217. The maximum absolute atomic E-state index is 12.9. The number of carbonyl (C=O) groups excluding carboxylic acids is 2. The number of aliphatic hydroxyl groups excluding tert-OH is 1. The Morgan fingerprint density at radius 1 is 1.03 bits per heavy atom. The van der Waals surface area contributed by atoms with Gasteiger partial charge >= 0.3 is 6.18 Å². The van der Waals surface area contributed by atoms with Gasteiger partial charge in [-0.25, -0.2) is 4.98 Å². The molecule has 2 amide bonds. The van der Waals surface area contributed by atoms with Crippen LogP contribution < -0.4 is 16.0 Å². The van der Waals surface area contributed by atoms with Crippen molar-refractivity contribution in [3.8, 4) is 0 Å². The summed E-state index contributed by atoms with van der Waals surface area (Å²) in [6.45, 7) is 0.127. The first-order chi connectivity index (χ1) is 16.8. The molecule has 35 heavy (non-hydrogen) atoms. The van der Waals surface area contributed by atoms with E-state index in [-0.39, 0.29) is 36.9 Å². The van der Waals surface area contributed by atoms with E-state index in [2.05, 4.69) is 25.9 Å². The number of anilines is 1. The third-order valence-electron chi connectivity index (χ3n) is 4.59. The van der Waals surface area contributed by atoms with Gasteiger partial charge in [0, 0.05) is 30.8 Å². The summed E-state index contributed by atoms with van der Waals surface area (Å²) in [4.78, 5) is 33.5. The molecule has 0 saturated heterocycles. The Morgan fingerprint density at radius 2 is 1.74 bits per heavy atom. The predicted molar refractivity (Wildman–Crippen MR) is 125 cm³/mol. The highest BCUT2D eigenvalue weighted by atomic mass is 32.2. The molecule has 12 heteroatoms. The molecule has 2 aromatic heterocycles. The molecule has 0 fully saturated rings. The van der Waals surface area contributed by atoms with E-state index in [4.69, 9.17) is 5.11 Å². The van der Waals surface area contributed by atoms with Gasteiger partial charge in [0.1, 0.15) is 10.4 Å². The van der Waals surface area contributed by atoms with Crippen molar-refractivity contribution in [2.24, 2.45) is 0 Å². The van der Waals surface area contributed by atoms with Crippen LogP contribution in [0.1, 0.15) is 26.9 Å². The van der Waals surface area contributed by atoms with E-state index in [1.54, 1.807) is 30.6 Å². The number of aliphatic hydroxyl groups is 1. The van der Waals surface area contributed by atoms with Crippen LogP contribution >= 0.6 is 11.8 Å². The summed E-state index contributed by atoms with van der Waals surface area (Å²) in [5, 5.41) is 16.8. The van der Waals surface area contributed by atoms with Crippen LogP contribution in [0.15, 0.2) is 72.1 Å². The number of aromatic nitrogens is 2. The molecule has 3 rings (SSSR count). The van der Waals surface area contributed by atoms with Gasteiger partial charge in [-0.15, -0.1) is 0 Å². The van der Waals surface area contributed by atoms with E-state index in [9.17, 15) is 22.8 Å². The Balaban J connectivity index is 1.78. The van der Waals surface area contributed by atoms with Gasteiger partial charge in [0.25, 0.3) is 5.91 Å². The van der Waals surface area contributed by atoms with E-state index in [0.29, 0.717) is 10.6 Å². The third-order valence-corrected chi connectivity index (χ3v) is 5.76. The van der Waals surface area contributed by atoms with E-state index >= 15 is 0 Å². The smallest absolute Gasteiger partial charge is 0.395 e. The third kappa shape index (κ3) is 7.77. The van der Waals surface area contributed by atoms with Crippen molar-refractivity contribution in [1.29, 1.82) is 0 Å². The number of thioether (sulfide) groups is 1. The molecule has 1 unspecified atom stereocenters. The van der Waals surface area contributed by atoms with Gasteiger partial charge in [0.2, 0.25) is 5.91 Å². The summed E-state index contributed by atoms with van der Waals surface area (Å²) in [6.07, 6.45) is 0.145. The van der Waals surface area contributed by atoms with Crippen LogP contribution in [0.25, 0.3) is 0 Å². The van der Waals surface area contributed by atoms with Crippen LogP contribution in [0.5, 0.6) is 0 Å². The summed E-state index contributed by atoms with van der Waals surface area (Å²) in [5.41, 5.74) is 0.263. The Hall–Kier alpha value is -3.48. The number of nitrogens with one attached hydrogen (secondary N) is 3. The minimum absolute atomic E-state index is 0.0216. The number of nitrogens with zero attached hydrogens (tertiary/aromatic N) is 2. The van der Waals surface area contributed by atoms with E-state index in [1.165, 1.54) is 24.4 Å². The van der Waals surface area contributed by atoms with Gasteiger partial charge in [0.15, 0.2) is 0 Å². The van der Waals surface area contributed by atoms with Crippen LogP contribution in [0.3, 0.4) is 0 Å². The molecule has 0 bridgehead atoms. The lowest BCUT2D eigenvalue weighted by Crippen LogP contribution is -2.36. The van der Waals surface area contributed by atoms with E-state index in [1.807, 2.05) is 0 Å². The molecule has 184 valence electrons. The number of hydrogen-bond acceptors (Lipinski definition) is 7. The van der Waals surface area contributed by atoms with Crippen molar-refractivity contribution in [3.05, 3.63) is 83.8 Å². The Morgan fingerprint density at radius 3 is 2.40 bits per heavy atom. The maximum Gasteiger partial charge on any atom is 0.416 e. The SMILES string of the molecule is O=C(CNCCO)NC(Sc1ncccc1C(=O)Nc1ccc(C(F)(F)F)cc1)c1ccncc1. The van der Waals surface area contributed by atoms with Crippen LogP contribution in [0.2, 0.25) is 0 Å². The molecule has 3 aromatic rings. The number of amides is 2. The molecule has 0 saturated carbocycles. The zero-order valence-corrected chi connectivity index (χ0v) is 19.1. The minimum Gasteiger partial charge on any atom is -0.395 e. The highest BCUT2D eigenvalue weighted by Crippen LogP contribution is 2.34. The molecular weight excluding hydrogens is 483 g/mol. The maximum atomic E-state index is 12.9. The normalized spacial score (nSPS) is 12.1. The lowest BCUT2D eigenvalue weighted by atomic mass is 10.2. The topological polar surface area (TPSA) is 116 Å². The van der Waals surface area contributed by atoms with Gasteiger partial charge < -0.3 is 21.1 Å². The number of rotatable bonds is 10. The first-order valence-corrected chi connectivity index (χ1v) is 11.3. The van der Waals surface area contributed by atoms with Crippen LogP contribution in [-0.4, -0.2) is 46.6 Å². The van der Waals surface area contributed by atoms with Crippen molar-refractivity contribution < 1.29 is 27.9 Å². The first-order valence-electron chi connectivity index (χ1n) is 10.4. The lowest BCUT2D eigenvalue weighted by molar-refractivity contribution is -0.137. The molecule has 2 heterocycles. The fourth-order valence-corrected chi connectivity index (χ4v) is 4.02. The number of carbonyl (C=O) groups is 2. The summed E-state index contributed by atoms with van der Waals surface area (Å²) >= 11 is 1.12. The summed E-state index contributed by atoms with van der Waals surface area (Å²) in [6, 6.07) is 10.6. The summed E-state index contributed by atoms with van der Waals surface area (Å²) in [7, 11) is 0. The quantitative estimate of drug-likeness (QED) is 0.190. The molecule has 0 aliphatic heterocycles. The van der Waals surface area contributed by atoms with E-state index < -0.39 is 23.0 Å². The van der Waals surface area contributed by atoms with Gasteiger partial charge in [-0.2, -0.15) is 13.2 Å². The molecule has 0 spiro atoms. The number of benzene rings is 1. The first kappa shape index (κ1) is 26.1. The molecule has 4 N–H and O–H groups in total. The molecule has 1 aromatic carbocycles. The average Bonchev–Trinajstić information content (AvgIpc) is 2.84. The number of halogens is 3. The monoisotopic (exact) mass is 505 g/mol.